The van der Waals surface area contributed by atoms with Gasteiger partial charge in [-0.3, -0.25) is 0 Å². The van der Waals surface area contributed by atoms with E-state index in [1.807, 2.05) is 0 Å². The predicted octanol–water partition coefficient (Wildman–Crippen LogP) is 12.9. The standard InChI is InChI=1S/C48H32N2/c1-4-13-33(14-5-1)34-23-27-39(28-24-34)49-44-21-11-10-19-41(44)42-31-36(25-29-45(42)49)37-26-30-46-43(32-37)48-40(35-15-6-2-7-16-35)20-12-22-47(48)50(46)38-17-8-3-9-18-38/h1-32H/i1D,2D,3D,4D,5D,6D,7D,8D,9D,10D,11D,12D,13D,14D,15D,16D,17D,18D,19D,20D,21D,22D,23D,24D,25D,26D,27D,28D,29D,30D,31D,32D. The van der Waals surface area contributed by atoms with Crippen molar-refractivity contribution >= 4 is 43.6 Å². The molecule has 2 heteroatoms. The molecule has 2 heterocycles. The van der Waals surface area contributed by atoms with Gasteiger partial charge in [-0.2, -0.15) is 0 Å². The van der Waals surface area contributed by atoms with Crippen LogP contribution in [0.2, 0.25) is 0 Å². The highest BCUT2D eigenvalue weighted by molar-refractivity contribution is 6.17. The molecule has 2 nitrogen and oxygen atoms in total. The fourth-order valence-corrected chi connectivity index (χ4v) is 5.71. The third-order valence-corrected chi connectivity index (χ3v) is 7.80. The minimum absolute atomic E-state index is 0.656. The SMILES string of the molecule is [2H]c1c([2H])c([2H])c(-c2c([2H])c([2H])c(-n3c4c([2H])c([2H])c([2H])c([2H])c4c4c([2H])c(-c5c([2H])c([2H])c6c(c5[2H])c5c(-c7c([2H])c([2H])c([2H])c([2H])c7[2H])c([2H])c([2H])c([2H])c5n6-c5c([2H])c([2H])c([2H])c([2H])c5[2H])c([2H])c([2H])c43)c([2H])c2[2H])c([2H])c1[2H]. The van der Waals surface area contributed by atoms with Gasteiger partial charge in [-0.25, -0.2) is 0 Å². The van der Waals surface area contributed by atoms with Crippen molar-refractivity contribution in [2.45, 2.75) is 0 Å². The van der Waals surface area contributed by atoms with Crippen molar-refractivity contribution in [2.24, 2.45) is 0 Å². The first-order valence-corrected chi connectivity index (χ1v) is 14.6. The Morgan fingerprint density at radius 1 is 0.300 bits per heavy atom. The zero-order chi connectivity index (χ0) is 60.9. The van der Waals surface area contributed by atoms with Crippen LogP contribution in [0, 0.1) is 0 Å². The van der Waals surface area contributed by atoms with Crippen molar-refractivity contribution in [3.63, 3.8) is 0 Å². The number of para-hydroxylation sites is 2. The van der Waals surface area contributed by atoms with Crippen molar-refractivity contribution in [2.75, 3.05) is 0 Å². The van der Waals surface area contributed by atoms with Crippen LogP contribution in [-0.4, -0.2) is 9.13 Å². The molecule has 0 radical (unpaired) electrons. The summed E-state index contributed by atoms with van der Waals surface area (Å²) in [5.41, 5.74) is -9.73. The summed E-state index contributed by atoms with van der Waals surface area (Å²) in [7, 11) is 0. The largest absolute Gasteiger partial charge is 0.309 e. The molecule has 0 bridgehead atoms. The zero-order valence-corrected chi connectivity index (χ0v) is 24.9. The highest BCUT2D eigenvalue weighted by Crippen LogP contribution is 2.41. The van der Waals surface area contributed by atoms with Gasteiger partial charge in [0, 0.05) is 32.9 Å². The second kappa shape index (κ2) is 11.5. The molecule has 50 heavy (non-hydrogen) atoms. The van der Waals surface area contributed by atoms with Gasteiger partial charge in [0.05, 0.1) is 65.9 Å². The Kier molecular flexibility index (Phi) is 2.52. The predicted molar refractivity (Wildman–Crippen MR) is 211 cm³/mol. The van der Waals surface area contributed by atoms with E-state index in [0.29, 0.717) is 9.13 Å². The van der Waals surface area contributed by atoms with Crippen LogP contribution in [0.5, 0.6) is 0 Å². The van der Waals surface area contributed by atoms with Crippen LogP contribution < -0.4 is 0 Å². The molecule has 0 N–H and O–H groups in total. The Morgan fingerprint density at radius 2 is 0.780 bits per heavy atom. The molecule has 0 fully saturated rings. The minimum Gasteiger partial charge on any atom is -0.309 e. The first-order chi connectivity index (χ1) is 38.1. The number of fused-ring (bicyclic) bond motifs is 6. The highest BCUT2D eigenvalue weighted by Gasteiger charge is 2.18. The second-order valence-corrected chi connectivity index (χ2v) is 10.5. The second-order valence-electron chi connectivity index (χ2n) is 10.5. The third kappa shape index (κ3) is 4.50. The minimum atomic E-state index is -1.14. The monoisotopic (exact) mass is 668 g/mol. The molecule has 0 aliphatic heterocycles. The zero-order valence-electron chi connectivity index (χ0n) is 56.9. The lowest BCUT2D eigenvalue weighted by Crippen LogP contribution is -1.94. The lowest BCUT2D eigenvalue weighted by atomic mass is 9.97. The van der Waals surface area contributed by atoms with E-state index in [9.17, 15) is 15.1 Å². The number of rotatable bonds is 5. The summed E-state index contributed by atoms with van der Waals surface area (Å²) in [6, 6.07) is -31.9. The number of hydrogen-bond acceptors (Lipinski definition) is 0. The quantitative estimate of drug-likeness (QED) is 0.173. The molecule has 0 aliphatic rings. The fourth-order valence-electron chi connectivity index (χ4n) is 5.71. The summed E-state index contributed by atoms with van der Waals surface area (Å²) in [6.45, 7) is 0. The molecule has 10 rings (SSSR count). The molecule has 10 aromatic rings. The van der Waals surface area contributed by atoms with Crippen molar-refractivity contribution in [3.8, 4) is 44.8 Å². The fraction of sp³-hybridized carbons (Fsp3) is 0. The first kappa shape index (κ1) is 10.9. The molecule has 0 spiro atoms. The summed E-state index contributed by atoms with van der Waals surface area (Å²) in [6.07, 6.45) is 0. The van der Waals surface area contributed by atoms with E-state index in [-0.39, 0.29) is 0 Å². The van der Waals surface area contributed by atoms with Crippen LogP contribution in [-0.2, 0) is 0 Å². The van der Waals surface area contributed by atoms with Crippen LogP contribution >= 0.6 is 0 Å². The number of benzene rings is 8. The van der Waals surface area contributed by atoms with E-state index in [4.69, 9.17) is 28.8 Å². The lowest BCUT2D eigenvalue weighted by molar-refractivity contribution is 1.18. The summed E-state index contributed by atoms with van der Waals surface area (Å²) in [4.78, 5) is 0. The van der Waals surface area contributed by atoms with Crippen molar-refractivity contribution < 1.29 is 43.9 Å². The van der Waals surface area contributed by atoms with Crippen LogP contribution in [0.3, 0.4) is 0 Å². The van der Waals surface area contributed by atoms with E-state index in [1.54, 1.807) is 0 Å². The Bertz CT molecular complexity index is 4590. The average Bonchev–Trinajstić information content (AvgIpc) is 1.64. The topological polar surface area (TPSA) is 9.86 Å². The molecule has 8 aromatic carbocycles. The molecular formula is C48H32N2. The highest BCUT2D eigenvalue weighted by atomic mass is 15.0. The first-order valence-electron chi connectivity index (χ1n) is 30.6. The van der Waals surface area contributed by atoms with Crippen LogP contribution in [0.15, 0.2) is 193 Å². The van der Waals surface area contributed by atoms with E-state index in [2.05, 4.69) is 0 Å². The summed E-state index contributed by atoms with van der Waals surface area (Å²) >= 11 is 0. The molecule has 0 atom stereocenters. The molecule has 2 aromatic heterocycles. The van der Waals surface area contributed by atoms with Gasteiger partial charge >= 0.3 is 0 Å². The molecule has 0 saturated heterocycles. The molecule has 0 amide bonds. The normalized spacial score (nSPS) is 20.6. The van der Waals surface area contributed by atoms with Gasteiger partial charge in [-0.05, 0) is 93.8 Å². The Labute approximate surface area is 335 Å². The number of aromatic nitrogens is 2. The van der Waals surface area contributed by atoms with Gasteiger partial charge in [0.25, 0.3) is 0 Å². The Balaban J connectivity index is 1.44. The molecule has 234 valence electrons. The average molecular weight is 669 g/mol. The van der Waals surface area contributed by atoms with Crippen molar-refractivity contribution in [1.82, 2.24) is 9.13 Å². The summed E-state index contributed by atoms with van der Waals surface area (Å²) in [5.74, 6) is 0. The molecule has 0 aliphatic carbocycles. The van der Waals surface area contributed by atoms with E-state index in [1.165, 1.54) is 0 Å². The smallest absolute Gasteiger partial charge is 0.0645 e. The number of nitrogens with zero attached hydrogens (tertiary/aromatic N) is 2. The van der Waals surface area contributed by atoms with Gasteiger partial charge in [0.1, 0.15) is 0 Å². The van der Waals surface area contributed by atoms with Crippen LogP contribution in [0.4, 0.5) is 0 Å². The molecule has 0 unspecified atom stereocenters. The third-order valence-electron chi connectivity index (χ3n) is 7.80. The van der Waals surface area contributed by atoms with Crippen molar-refractivity contribution in [1.29, 1.82) is 0 Å². The van der Waals surface area contributed by atoms with Crippen LogP contribution in [0.25, 0.3) is 88.4 Å². The maximum Gasteiger partial charge on any atom is 0.0645 e. The van der Waals surface area contributed by atoms with Gasteiger partial charge in [0.15, 0.2) is 0 Å². The lowest BCUT2D eigenvalue weighted by Gasteiger charge is -2.10. The maximum absolute atomic E-state index is 10.1. The van der Waals surface area contributed by atoms with Gasteiger partial charge in [-0.15, -0.1) is 0 Å². The van der Waals surface area contributed by atoms with E-state index >= 15 is 0 Å². The van der Waals surface area contributed by atoms with E-state index < -0.39 is 282 Å². The van der Waals surface area contributed by atoms with E-state index in [0.717, 1.165) is 0 Å². The van der Waals surface area contributed by atoms with Gasteiger partial charge < -0.3 is 9.13 Å². The molecule has 0 saturated carbocycles. The number of hydrogen-bond donors (Lipinski definition) is 0. The molecular weight excluding hydrogens is 605 g/mol. The Morgan fingerprint density at radius 3 is 1.50 bits per heavy atom. The maximum atomic E-state index is 10.1. The van der Waals surface area contributed by atoms with Crippen LogP contribution in [0.1, 0.15) is 43.9 Å². The summed E-state index contributed by atoms with van der Waals surface area (Å²) < 4.78 is 288. The van der Waals surface area contributed by atoms with Gasteiger partial charge in [0.2, 0.25) is 0 Å². The summed E-state index contributed by atoms with van der Waals surface area (Å²) in [5, 5.41) is -2.83. The van der Waals surface area contributed by atoms with Gasteiger partial charge in [-0.1, -0.05) is 133 Å². The Hall–Kier alpha value is -6.64. The van der Waals surface area contributed by atoms with Crippen molar-refractivity contribution in [3.05, 3.63) is 193 Å².